The van der Waals surface area contributed by atoms with Gasteiger partial charge in [0.2, 0.25) is 0 Å². The van der Waals surface area contributed by atoms with Crippen molar-refractivity contribution in [2.45, 2.75) is 26.5 Å². The van der Waals surface area contributed by atoms with E-state index in [0.29, 0.717) is 48.2 Å². The molecule has 1 aliphatic heterocycles. The molecule has 0 saturated carbocycles. The van der Waals surface area contributed by atoms with Crippen LogP contribution in [0.5, 0.6) is 11.5 Å². The van der Waals surface area contributed by atoms with E-state index in [2.05, 4.69) is 39.1 Å². The summed E-state index contributed by atoms with van der Waals surface area (Å²) >= 11 is 11.1. The molecule has 0 saturated heterocycles. The van der Waals surface area contributed by atoms with Gasteiger partial charge in [-0.05, 0) is 87.6 Å². The lowest BCUT2D eigenvalue weighted by Crippen LogP contribution is -2.39. The topological polar surface area (TPSA) is 79.1 Å². The van der Waals surface area contributed by atoms with Gasteiger partial charge < -0.3 is 14.2 Å². The van der Waals surface area contributed by atoms with E-state index < -0.39 is 12.0 Å². The van der Waals surface area contributed by atoms with Gasteiger partial charge in [-0.1, -0.05) is 77.5 Å². The number of methoxy groups -OCH3 is 1. The largest absolute Gasteiger partial charge is 0.493 e. The predicted molar refractivity (Wildman–Crippen MR) is 181 cm³/mol. The minimum atomic E-state index is -0.717. The number of benzene rings is 4. The summed E-state index contributed by atoms with van der Waals surface area (Å²) in [6.45, 7) is 4.05. The molecule has 1 aliphatic rings. The Morgan fingerprint density at radius 2 is 1.84 bits per heavy atom. The number of thiazole rings is 1. The van der Waals surface area contributed by atoms with Crippen LogP contribution in [0.25, 0.3) is 16.8 Å². The Morgan fingerprint density at radius 3 is 2.60 bits per heavy atom. The van der Waals surface area contributed by atoms with Crippen LogP contribution in [0.4, 0.5) is 0 Å². The fourth-order valence-corrected chi connectivity index (χ4v) is 7.18. The van der Waals surface area contributed by atoms with Crippen molar-refractivity contribution < 1.29 is 19.0 Å². The van der Waals surface area contributed by atoms with Crippen LogP contribution in [0, 0.1) is 0 Å². The minimum Gasteiger partial charge on any atom is -0.493 e. The zero-order valence-electron chi connectivity index (χ0n) is 24.7. The summed E-state index contributed by atoms with van der Waals surface area (Å²) in [7, 11) is 1.58. The SMILES string of the molecule is CCOC(=O)C1=C(C)N=c2sc(=Cc3cc(Br)c(OCc4cccc5ccccc45)c(OC)c3)c(=O)n2C1c1ccc(Cl)cc1. The number of carbonyl (C=O) groups excluding carboxylic acids is 1. The summed E-state index contributed by atoms with van der Waals surface area (Å²) in [5.41, 5.74) is 3.04. The average molecular weight is 704 g/mol. The second-order valence-corrected chi connectivity index (χ2v) is 12.6. The molecule has 0 radical (unpaired) electrons. The molecule has 0 amide bonds. The molecule has 0 N–H and O–H groups in total. The van der Waals surface area contributed by atoms with Crippen LogP contribution in [-0.2, 0) is 16.1 Å². The number of aromatic nitrogens is 1. The van der Waals surface area contributed by atoms with E-state index in [0.717, 1.165) is 27.5 Å². The Hall–Kier alpha value is -4.18. The van der Waals surface area contributed by atoms with E-state index in [4.69, 9.17) is 25.8 Å². The van der Waals surface area contributed by atoms with Crippen molar-refractivity contribution in [3.05, 3.63) is 136 Å². The maximum Gasteiger partial charge on any atom is 0.338 e. The number of rotatable bonds is 8. The van der Waals surface area contributed by atoms with Gasteiger partial charge in [0.05, 0.1) is 40.0 Å². The molecule has 6 rings (SSSR count). The molecule has 4 aromatic carbocycles. The smallest absolute Gasteiger partial charge is 0.338 e. The summed E-state index contributed by atoms with van der Waals surface area (Å²) in [4.78, 5) is 32.2. The third-order valence-corrected chi connectivity index (χ3v) is 9.33. The van der Waals surface area contributed by atoms with E-state index in [1.54, 1.807) is 55.9 Å². The first-order valence-electron chi connectivity index (χ1n) is 14.2. The second-order valence-electron chi connectivity index (χ2n) is 10.3. The number of fused-ring (bicyclic) bond motifs is 2. The van der Waals surface area contributed by atoms with Gasteiger partial charge in [0.15, 0.2) is 16.3 Å². The monoisotopic (exact) mass is 702 g/mol. The lowest BCUT2D eigenvalue weighted by Gasteiger charge is -2.24. The van der Waals surface area contributed by atoms with Gasteiger partial charge in [-0.3, -0.25) is 9.36 Å². The van der Waals surface area contributed by atoms with E-state index in [1.807, 2.05) is 36.4 Å². The molecule has 2 heterocycles. The predicted octanol–water partition coefficient (Wildman–Crippen LogP) is 6.96. The van der Waals surface area contributed by atoms with E-state index in [1.165, 1.54) is 11.3 Å². The number of esters is 1. The lowest BCUT2D eigenvalue weighted by molar-refractivity contribution is -0.139. The fraction of sp³-hybridized carbons (Fsp3) is 0.171. The van der Waals surface area contributed by atoms with Crippen LogP contribution in [0.15, 0.2) is 104 Å². The van der Waals surface area contributed by atoms with Gasteiger partial charge in [0, 0.05) is 5.02 Å². The number of carbonyl (C=O) groups is 1. The highest BCUT2D eigenvalue weighted by Crippen LogP contribution is 2.38. The molecule has 0 aliphatic carbocycles. The highest BCUT2D eigenvalue weighted by molar-refractivity contribution is 9.10. The van der Waals surface area contributed by atoms with Gasteiger partial charge in [0.25, 0.3) is 5.56 Å². The summed E-state index contributed by atoms with van der Waals surface area (Å²) in [5.74, 6) is 0.561. The minimum absolute atomic E-state index is 0.200. The van der Waals surface area contributed by atoms with Crippen molar-refractivity contribution in [2.75, 3.05) is 13.7 Å². The number of halogens is 2. The van der Waals surface area contributed by atoms with Crippen LogP contribution in [0.2, 0.25) is 5.02 Å². The third-order valence-electron chi connectivity index (χ3n) is 7.50. The normalized spacial score (nSPS) is 14.7. The Balaban J connectivity index is 1.39. The third kappa shape index (κ3) is 6.08. The molecule has 1 atom stereocenters. The summed E-state index contributed by atoms with van der Waals surface area (Å²) in [5, 5.41) is 2.82. The number of ether oxygens (including phenoxy) is 3. The number of nitrogens with zero attached hydrogens (tertiary/aromatic N) is 2. The Kier molecular flexibility index (Phi) is 8.94. The Bertz CT molecular complexity index is 2150. The Labute approximate surface area is 276 Å². The van der Waals surface area contributed by atoms with Gasteiger partial charge in [-0.15, -0.1) is 0 Å². The van der Waals surface area contributed by atoms with E-state index >= 15 is 0 Å². The molecule has 10 heteroatoms. The summed E-state index contributed by atoms with van der Waals surface area (Å²) < 4.78 is 20.0. The number of allylic oxidation sites excluding steroid dienone is 1. The molecular weight excluding hydrogens is 676 g/mol. The van der Waals surface area contributed by atoms with Gasteiger partial charge in [-0.25, -0.2) is 9.79 Å². The number of hydrogen-bond donors (Lipinski definition) is 0. The van der Waals surface area contributed by atoms with Crippen molar-refractivity contribution in [2.24, 2.45) is 4.99 Å². The molecule has 5 aromatic rings. The summed E-state index contributed by atoms with van der Waals surface area (Å²) in [6.07, 6.45) is 1.79. The van der Waals surface area contributed by atoms with Crippen molar-refractivity contribution in [3.63, 3.8) is 0 Å². The first kappa shape index (κ1) is 30.8. The first-order chi connectivity index (χ1) is 21.8. The molecule has 0 spiro atoms. The highest BCUT2D eigenvalue weighted by Gasteiger charge is 2.33. The maximum absolute atomic E-state index is 14.0. The van der Waals surface area contributed by atoms with Crippen LogP contribution in [-0.4, -0.2) is 24.3 Å². The van der Waals surface area contributed by atoms with Crippen LogP contribution in [0.3, 0.4) is 0 Å². The molecule has 0 bridgehead atoms. The standard InChI is InChI=1S/C35H28BrClN2O5S/c1-4-43-34(41)30-20(2)38-35-39(31(30)23-12-14-25(37)15-13-23)33(40)29(45-35)18-21-16-27(36)32(28(17-21)42-3)44-19-24-10-7-9-22-8-5-6-11-26(22)24/h5-18,31H,4,19H2,1-3H3. The van der Waals surface area contributed by atoms with Crippen molar-refractivity contribution >= 4 is 61.7 Å². The molecule has 7 nitrogen and oxygen atoms in total. The van der Waals surface area contributed by atoms with Crippen molar-refractivity contribution in [3.8, 4) is 11.5 Å². The van der Waals surface area contributed by atoms with Crippen LogP contribution < -0.4 is 24.4 Å². The fourth-order valence-electron chi connectivity index (χ4n) is 5.43. The summed E-state index contributed by atoms with van der Waals surface area (Å²) in [6, 6.07) is 24.4. The van der Waals surface area contributed by atoms with E-state index in [-0.39, 0.29) is 12.2 Å². The van der Waals surface area contributed by atoms with Gasteiger partial charge >= 0.3 is 5.97 Å². The maximum atomic E-state index is 14.0. The zero-order valence-corrected chi connectivity index (χ0v) is 27.8. The molecule has 1 unspecified atom stereocenters. The van der Waals surface area contributed by atoms with Crippen LogP contribution in [0.1, 0.15) is 36.6 Å². The first-order valence-corrected chi connectivity index (χ1v) is 16.2. The molecule has 0 fully saturated rings. The Morgan fingerprint density at radius 1 is 1.09 bits per heavy atom. The number of hydrogen-bond acceptors (Lipinski definition) is 7. The molecule has 228 valence electrons. The van der Waals surface area contributed by atoms with Gasteiger partial charge in [0.1, 0.15) is 6.61 Å². The van der Waals surface area contributed by atoms with Crippen molar-refractivity contribution in [1.29, 1.82) is 0 Å². The molecular formula is C35H28BrClN2O5S. The average Bonchev–Trinajstić information content (AvgIpc) is 3.33. The second kappa shape index (κ2) is 13.0. The molecule has 45 heavy (non-hydrogen) atoms. The van der Waals surface area contributed by atoms with Gasteiger partial charge in [-0.2, -0.15) is 0 Å². The van der Waals surface area contributed by atoms with E-state index in [9.17, 15) is 9.59 Å². The van der Waals surface area contributed by atoms with Crippen molar-refractivity contribution in [1.82, 2.24) is 4.57 Å². The lowest BCUT2D eigenvalue weighted by atomic mass is 9.96. The zero-order chi connectivity index (χ0) is 31.7. The quantitative estimate of drug-likeness (QED) is 0.164. The van der Waals surface area contributed by atoms with Crippen LogP contribution >= 0.6 is 38.9 Å². The highest BCUT2D eigenvalue weighted by atomic mass is 79.9. The molecule has 1 aromatic heterocycles.